The van der Waals surface area contributed by atoms with Crippen LogP contribution in [-0.4, -0.2) is 31.1 Å². The Hall–Kier alpha value is -3.29. The van der Waals surface area contributed by atoms with Crippen molar-refractivity contribution in [1.29, 1.82) is 0 Å². The van der Waals surface area contributed by atoms with Gasteiger partial charge in [0, 0.05) is 5.56 Å². The summed E-state index contributed by atoms with van der Waals surface area (Å²) in [5, 5.41) is 0. The molecule has 26 heavy (non-hydrogen) atoms. The van der Waals surface area contributed by atoms with Crippen LogP contribution in [0.15, 0.2) is 42.5 Å². The molecule has 2 aromatic rings. The highest BCUT2D eigenvalue weighted by molar-refractivity contribution is 5.96. The van der Waals surface area contributed by atoms with Crippen LogP contribution in [0.3, 0.4) is 0 Å². The summed E-state index contributed by atoms with van der Waals surface area (Å²) < 4.78 is 29.6. The second kappa shape index (κ2) is 7.73. The van der Waals surface area contributed by atoms with Crippen molar-refractivity contribution >= 4 is 11.8 Å². The number of amides is 2. The zero-order chi connectivity index (χ0) is 18.5. The van der Waals surface area contributed by atoms with Crippen LogP contribution in [0.25, 0.3) is 0 Å². The third-order valence-corrected chi connectivity index (χ3v) is 3.61. The standard InChI is InChI=1S/C18H17FN2O5/c1-11(26-14-5-3-2-4-13(14)19)17(22)20-21-18(23)12-6-7-15-16(10-12)25-9-8-24-15/h2-7,10-11H,8-9H2,1H3,(H,20,22)(H,21,23)/t11-/m1/s1. The fourth-order valence-electron chi connectivity index (χ4n) is 2.26. The van der Waals surface area contributed by atoms with E-state index >= 15 is 0 Å². The first kappa shape index (κ1) is 17.5. The zero-order valence-electron chi connectivity index (χ0n) is 14.0. The van der Waals surface area contributed by atoms with Gasteiger partial charge in [0.15, 0.2) is 29.2 Å². The van der Waals surface area contributed by atoms with Crippen molar-refractivity contribution < 1.29 is 28.2 Å². The number of hydrogen-bond donors (Lipinski definition) is 2. The minimum absolute atomic E-state index is 0.0479. The average molecular weight is 360 g/mol. The first-order chi connectivity index (χ1) is 12.5. The van der Waals surface area contributed by atoms with Crippen molar-refractivity contribution in [2.24, 2.45) is 0 Å². The lowest BCUT2D eigenvalue weighted by Crippen LogP contribution is -2.47. The molecular formula is C18H17FN2O5. The van der Waals surface area contributed by atoms with Crippen LogP contribution in [0, 0.1) is 5.82 Å². The van der Waals surface area contributed by atoms with Crippen LogP contribution in [0.4, 0.5) is 4.39 Å². The lowest BCUT2D eigenvalue weighted by atomic mass is 10.2. The van der Waals surface area contributed by atoms with Crippen molar-refractivity contribution in [3.05, 3.63) is 53.8 Å². The zero-order valence-corrected chi connectivity index (χ0v) is 14.0. The molecule has 0 radical (unpaired) electrons. The highest BCUT2D eigenvalue weighted by Crippen LogP contribution is 2.30. The fourth-order valence-corrected chi connectivity index (χ4v) is 2.26. The molecule has 0 saturated heterocycles. The molecule has 1 aliphatic rings. The minimum Gasteiger partial charge on any atom is -0.486 e. The summed E-state index contributed by atoms with van der Waals surface area (Å²) in [7, 11) is 0. The van der Waals surface area contributed by atoms with Crippen molar-refractivity contribution in [3.63, 3.8) is 0 Å². The molecule has 136 valence electrons. The van der Waals surface area contributed by atoms with Gasteiger partial charge in [-0.05, 0) is 37.3 Å². The van der Waals surface area contributed by atoms with Gasteiger partial charge in [-0.3, -0.25) is 20.4 Å². The van der Waals surface area contributed by atoms with Crippen molar-refractivity contribution in [2.75, 3.05) is 13.2 Å². The van der Waals surface area contributed by atoms with Crippen molar-refractivity contribution in [1.82, 2.24) is 10.9 Å². The third-order valence-electron chi connectivity index (χ3n) is 3.61. The molecule has 0 unspecified atom stereocenters. The van der Waals surface area contributed by atoms with Crippen molar-refractivity contribution in [2.45, 2.75) is 13.0 Å². The molecule has 8 heteroatoms. The Morgan fingerprint density at radius 2 is 1.81 bits per heavy atom. The molecule has 7 nitrogen and oxygen atoms in total. The molecule has 2 N–H and O–H groups in total. The number of para-hydroxylation sites is 1. The molecule has 1 atom stereocenters. The maximum Gasteiger partial charge on any atom is 0.279 e. The molecule has 0 spiro atoms. The van der Waals surface area contributed by atoms with Gasteiger partial charge in [0.05, 0.1) is 0 Å². The van der Waals surface area contributed by atoms with Gasteiger partial charge in [-0.25, -0.2) is 4.39 Å². The molecule has 1 aliphatic heterocycles. The Balaban J connectivity index is 1.55. The van der Waals surface area contributed by atoms with Crippen LogP contribution in [0.1, 0.15) is 17.3 Å². The van der Waals surface area contributed by atoms with E-state index in [1.54, 1.807) is 18.2 Å². The SMILES string of the molecule is C[C@@H](Oc1ccccc1F)C(=O)NNC(=O)c1ccc2c(c1)OCCO2. The molecule has 2 amide bonds. The Kier molecular flexibility index (Phi) is 5.21. The second-order valence-electron chi connectivity index (χ2n) is 5.49. The third kappa shape index (κ3) is 4.02. The number of nitrogens with one attached hydrogen (secondary N) is 2. The highest BCUT2D eigenvalue weighted by atomic mass is 19.1. The number of ether oxygens (including phenoxy) is 3. The summed E-state index contributed by atoms with van der Waals surface area (Å²) in [6.07, 6.45) is -1.01. The monoisotopic (exact) mass is 360 g/mol. The lowest BCUT2D eigenvalue weighted by Gasteiger charge is -2.19. The van der Waals surface area contributed by atoms with Gasteiger partial charge in [-0.15, -0.1) is 0 Å². The predicted molar refractivity (Wildman–Crippen MR) is 89.5 cm³/mol. The van der Waals surface area contributed by atoms with E-state index in [-0.39, 0.29) is 11.3 Å². The molecule has 3 rings (SSSR count). The van der Waals surface area contributed by atoms with Gasteiger partial charge in [0.2, 0.25) is 0 Å². The van der Waals surface area contributed by atoms with Crippen LogP contribution in [-0.2, 0) is 4.79 Å². The summed E-state index contributed by atoms with van der Waals surface area (Å²) >= 11 is 0. The molecule has 2 aromatic carbocycles. The Morgan fingerprint density at radius 1 is 1.08 bits per heavy atom. The first-order valence-electron chi connectivity index (χ1n) is 7.95. The predicted octanol–water partition coefficient (Wildman–Crippen LogP) is 1.83. The van der Waals surface area contributed by atoms with E-state index in [1.165, 1.54) is 31.2 Å². The number of fused-ring (bicyclic) bond motifs is 1. The van der Waals surface area contributed by atoms with E-state index in [9.17, 15) is 14.0 Å². The van der Waals surface area contributed by atoms with Gasteiger partial charge in [0.1, 0.15) is 13.2 Å². The summed E-state index contributed by atoms with van der Waals surface area (Å²) in [5.41, 5.74) is 4.81. The van der Waals surface area contributed by atoms with Gasteiger partial charge < -0.3 is 14.2 Å². The number of halogens is 1. The van der Waals surface area contributed by atoms with Crippen LogP contribution in [0.2, 0.25) is 0 Å². The molecule has 1 heterocycles. The average Bonchev–Trinajstić information content (AvgIpc) is 2.67. The van der Waals surface area contributed by atoms with Gasteiger partial charge in [0.25, 0.3) is 11.8 Å². The number of hydrogen-bond acceptors (Lipinski definition) is 5. The Labute approximate surface area is 149 Å². The summed E-state index contributed by atoms with van der Waals surface area (Å²) in [5.74, 6) is -0.761. The molecule has 0 aromatic heterocycles. The highest BCUT2D eigenvalue weighted by Gasteiger charge is 2.19. The normalized spacial score (nSPS) is 13.5. The van der Waals surface area contributed by atoms with E-state index in [4.69, 9.17) is 14.2 Å². The largest absolute Gasteiger partial charge is 0.486 e. The number of carbonyl (C=O) groups excluding carboxylic acids is 2. The summed E-state index contributed by atoms with van der Waals surface area (Å²) in [6.45, 7) is 2.30. The second-order valence-corrected chi connectivity index (χ2v) is 5.49. The summed E-state index contributed by atoms with van der Waals surface area (Å²) in [6, 6.07) is 10.4. The lowest BCUT2D eigenvalue weighted by molar-refractivity contribution is -0.128. The van der Waals surface area contributed by atoms with Gasteiger partial charge >= 0.3 is 0 Å². The van der Waals surface area contributed by atoms with E-state index in [2.05, 4.69) is 10.9 Å². The van der Waals surface area contributed by atoms with Crippen LogP contribution in [0.5, 0.6) is 17.2 Å². The van der Waals surface area contributed by atoms with Crippen LogP contribution >= 0.6 is 0 Å². The Morgan fingerprint density at radius 3 is 2.58 bits per heavy atom. The maximum absolute atomic E-state index is 13.5. The number of hydrazine groups is 1. The molecule has 0 fully saturated rings. The number of benzene rings is 2. The van der Waals surface area contributed by atoms with Gasteiger partial charge in [-0.2, -0.15) is 0 Å². The van der Waals surface area contributed by atoms with E-state index < -0.39 is 23.7 Å². The van der Waals surface area contributed by atoms with E-state index in [0.29, 0.717) is 24.7 Å². The van der Waals surface area contributed by atoms with E-state index in [1.807, 2.05) is 0 Å². The topological polar surface area (TPSA) is 85.9 Å². The van der Waals surface area contributed by atoms with Gasteiger partial charge in [-0.1, -0.05) is 12.1 Å². The number of carbonyl (C=O) groups is 2. The molecular weight excluding hydrogens is 343 g/mol. The molecule has 0 saturated carbocycles. The Bertz CT molecular complexity index is 827. The maximum atomic E-state index is 13.5. The first-order valence-corrected chi connectivity index (χ1v) is 7.95. The smallest absolute Gasteiger partial charge is 0.279 e. The summed E-state index contributed by atoms with van der Waals surface area (Å²) in [4.78, 5) is 24.2. The van der Waals surface area contributed by atoms with E-state index in [0.717, 1.165) is 0 Å². The molecule has 0 aliphatic carbocycles. The molecule has 0 bridgehead atoms. The number of rotatable bonds is 4. The van der Waals surface area contributed by atoms with Crippen molar-refractivity contribution in [3.8, 4) is 17.2 Å². The minimum atomic E-state index is -1.01. The van der Waals surface area contributed by atoms with Crippen LogP contribution < -0.4 is 25.1 Å². The fraction of sp³-hybridized carbons (Fsp3) is 0.222. The quantitative estimate of drug-likeness (QED) is 0.813.